The second kappa shape index (κ2) is 21.1. The van der Waals surface area contributed by atoms with Crippen LogP contribution in [0.15, 0.2) is 37.5 Å². The maximum Gasteiger partial charge on any atom is 0.321 e. The predicted molar refractivity (Wildman–Crippen MR) is 122 cm³/mol. The molecule has 6 N–H and O–H groups in total. The molecule has 5 unspecified atom stereocenters. The Labute approximate surface area is 177 Å². The third-order valence-electron chi connectivity index (χ3n) is 3.39. The summed E-state index contributed by atoms with van der Waals surface area (Å²) in [6.45, 7) is 12.9. The van der Waals surface area contributed by atoms with Gasteiger partial charge in [0.1, 0.15) is 18.7 Å². The van der Waals surface area contributed by atoms with Crippen LogP contribution in [0.2, 0.25) is 0 Å². The van der Waals surface area contributed by atoms with Crippen molar-refractivity contribution in [2.45, 2.75) is 32.9 Å². The molecule has 0 bridgehead atoms. The summed E-state index contributed by atoms with van der Waals surface area (Å²) in [4.78, 5) is 31.1. The van der Waals surface area contributed by atoms with Crippen LogP contribution in [0.3, 0.4) is 0 Å². The number of rotatable bonds is 11. The number of nitrogens with two attached hydrogens (primary N) is 1. The summed E-state index contributed by atoms with van der Waals surface area (Å²) >= 11 is 0. The Balaban J connectivity index is -0.000000350. The highest BCUT2D eigenvalue weighted by molar-refractivity contribution is 7.14. The van der Waals surface area contributed by atoms with Crippen molar-refractivity contribution in [2.24, 2.45) is 17.6 Å². The minimum Gasteiger partial charge on any atom is -0.480 e. The Morgan fingerprint density at radius 3 is 1.86 bits per heavy atom. The molecule has 6 atom stereocenters. The van der Waals surface area contributed by atoms with Gasteiger partial charge in [-0.15, -0.1) is 13.2 Å². The first-order chi connectivity index (χ1) is 13.5. The van der Waals surface area contributed by atoms with Crippen LogP contribution in [-0.2, 0) is 19.1 Å². The van der Waals surface area contributed by atoms with Crippen molar-refractivity contribution in [3.63, 3.8) is 0 Å². The standard InChI is InChI=1S/2C6H12NO2P.C6H11NO2/c1-3-4(2)5(7-10)6(8)9;1-2-3-4-9-6(8)5-7-10;1-3-4(2)5(7)6(8)9/h3-5,7H,1,10H2,2H3,(H,8,9);2-3,7H,4-5,10H2,1H3;3-5H,1,7H2,2H3,(H,8,9)/b;3-2-;/t;;4?,5-/m..0/s1. The van der Waals surface area contributed by atoms with Gasteiger partial charge in [-0.3, -0.25) is 24.6 Å². The molecule has 0 saturated carbocycles. The van der Waals surface area contributed by atoms with Gasteiger partial charge in [-0.25, -0.2) is 0 Å². The SMILES string of the molecule is C/C=C\COC(=O)CNP.C=CC(C)C(NP)C(=O)O.C=CC(C)[C@H](N)C(=O)O. The van der Waals surface area contributed by atoms with Gasteiger partial charge in [-0.1, -0.05) is 56.9 Å². The summed E-state index contributed by atoms with van der Waals surface area (Å²) < 4.78 is 4.72. The Morgan fingerprint density at radius 1 is 1.10 bits per heavy atom. The van der Waals surface area contributed by atoms with E-state index in [0.29, 0.717) is 6.61 Å². The number of hydrogen-bond donors (Lipinski definition) is 5. The molecule has 0 amide bonds. The second-order valence-corrected chi connectivity index (χ2v) is 6.41. The lowest BCUT2D eigenvalue weighted by Crippen LogP contribution is -2.35. The number of aliphatic carboxylic acids is 2. The number of carboxylic acids is 2. The molecule has 168 valence electrons. The normalized spacial score (nSPS) is 14.0. The summed E-state index contributed by atoms with van der Waals surface area (Å²) in [7, 11) is 4.41. The largest absolute Gasteiger partial charge is 0.480 e. The van der Waals surface area contributed by atoms with E-state index >= 15 is 0 Å². The van der Waals surface area contributed by atoms with Crippen LogP contribution in [0.4, 0.5) is 0 Å². The van der Waals surface area contributed by atoms with E-state index in [0.717, 1.165) is 0 Å². The minimum absolute atomic E-state index is 0.0602. The highest BCUT2D eigenvalue weighted by Gasteiger charge is 2.19. The number of carbonyl (C=O) groups excluding carboxylic acids is 1. The molecular formula is C18H35N3O6P2. The van der Waals surface area contributed by atoms with Crippen LogP contribution in [0.1, 0.15) is 20.8 Å². The number of carboxylic acid groups (broad SMARTS) is 2. The molecule has 0 aliphatic heterocycles. The van der Waals surface area contributed by atoms with Gasteiger partial charge in [0.15, 0.2) is 0 Å². The fourth-order valence-corrected chi connectivity index (χ4v) is 1.94. The summed E-state index contributed by atoms with van der Waals surface area (Å²) in [5.74, 6) is -2.31. The molecule has 0 aromatic carbocycles. The quantitative estimate of drug-likeness (QED) is 0.178. The van der Waals surface area contributed by atoms with Crippen LogP contribution in [0.5, 0.6) is 0 Å². The number of nitrogens with one attached hydrogen (secondary N) is 2. The van der Waals surface area contributed by atoms with E-state index < -0.39 is 24.0 Å². The van der Waals surface area contributed by atoms with E-state index in [-0.39, 0.29) is 24.3 Å². The maximum atomic E-state index is 10.6. The molecule has 0 saturated heterocycles. The summed E-state index contributed by atoms with van der Waals surface area (Å²) in [6, 6.07) is -1.37. The van der Waals surface area contributed by atoms with Gasteiger partial charge in [0, 0.05) is 5.92 Å². The van der Waals surface area contributed by atoms with E-state index in [9.17, 15) is 14.4 Å². The van der Waals surface area contributed by atoms with Gasteiger partial charge in [0.05, 0.1) is 6.54 Å². The molecule has 0 aliphatic carbocycles. The molecule has 0 rings (SSSR count). The lowest BCUT2D eigenvalue weighted by atomic mass is 10.0. The fraction of sp³-hybridized carbons (Fsp3) is 0.500. The number of allylic oxidation sites excluding steroid dienone is 1. The lowest BCUT2D eigenvalue weighted by Gasteiger charge is -2.14. The third kappa shape index (κ3) is 19.5. The molecular weight excluding hydrogens is 416 g/mol. The van der Waals surface area contributed by atoms with Crippen molar-refractivity contribution < 1.29 is 29.3 Å². The zero-order chi connectivity index (χ0) is 23.4. The van der Waals surface area contributed by atoms with Crippen molar-refractivity contribution >= 4 is 36.7 Å². The number of ether oxygens (including phenoxy) is 1. The van der Waals surface area contributed by atoms with Crippen LogP contribution in [0.25, 0.3) is 0 Å². The second-order valence-electron chi connectivity index (χ2n) is 5.67. The molecule has 0 aromatic heterocycles. The molecule has 0 spiro atoms. The molecule has 0 aliphatic rings. The van der Waals surface area contributed by atoms with Crippen molar-refractivity contribution in [3.05, 3.63) is 37.5 Å². The Hall–Kier alpha value is -1.63. The first-order valence-corrected chi connectivity index (χ1v) is 9.81. The zero-order valence-corrected chi connectivity index (χ0v) is 19.5. The van der Waals surface area contributed by atoms with Gasteiger partial charge in [0.25, 0.3) is 0 Å². The van der Waals surface area contributed by atoms with E-state index in [1.165, 1.54) is 6.08 Å². The Kier molecular flexibility index (Phi) is 23.3. The van der Waals surface area contributed by atoms with Crippen molar-refractivity contribution in [1.82, 2.24) is 10.2 Å². The minimum atomic E-state index is -0.984. The summed E-state index contributed by atoms with van der Waals surface area (Å²) in [5.41, 5.74) is 5.20. The number of esters is 1. The summed E-state index contributed by atoms with van der Waals surface area (Å²) in [5, 5.41) is 22.1. The number of carbonyl (C=O) groups is 3. The first-order valence-electron chi connectivity index (χ1n) is 8.66. The average Bonchev–Trinajstić information content (AvgIpc) is 2.68. The zero-order valence-electron chi connectivity index (χ0n) is 17.2. The van der Waals surface area contributed by atoms with Gasteiger partial charge < -0.3 is 20.7 Å². The molecule has 0 aromatic rings. The molecule has 9 nitrogen and oxygen atoms in total. The summed E-state index contributed by atoms with van der Waals surface area (Å²) in [6.07, 6.45) is 6.75. The molecule has 0 radical (unpaired) electrons. The van der Waals surface area contributed by atoms with Gasteiger partial charge in [0.2, 0.25) is 0 Å². The van der Waals surface area contributed by atoms with Crippen molar-refractivity contribution in [1.29, 1.82) is 0 Å². The van der Waals surface area contributed by atoms with Gasteiger partial charge in [-0.2, -0.15) is 0 Å². The van der Waals surface area contributed by atoms with Crippen LogP contribution < -0.4 is 15.9 Å². The van der Waals surface area contributed by atoms with Crippen LogP contribution in [0, 0.1) is 11.8 Å². The van der Waals surface area contributed by atoms with E-state index in [2.05, 4.69) is 42.1 Å². The molecule has 0 fully saturated rings. The Morgan fingerprint density at radius 2 is 1.62 bits per heavy atom. The molecule has 0 heterocycles. The van der Waals surface area contributed by atoms with E-state index in [4.69, 9.17) is 20.7 Å². The van der Waals surface area contributed by atoms with Crippen molar-refractivity contribution in [3.8, 4) is 0 Å². The Bertz CT molecular complexity index is 532. The highest BCUT2D eigenvalue weighted by Crippen LogP contribution is 2.05. The van der Waals surface area contributed by atoms with Crippen molar-refractivity contribution in [2.75, 3.05) is 13.2 Å². The van der Waals surface area contributed by atoms with E-state index in [1.807, 2.05) is 13.0 Å². The predicted octanol–water partition coefficient (Wildman–Crippen LogP) is 1.35. The smallest absolute Gasteiger partial charge is 0.321 e. The van der Waals surface area contributed by atoms with E-state index in [1.54, 1.807) is 26.0 Å². The van der Waals surface area contributed by atoms with Gasteiger partial charge >= 0.3 is 17.9 Å². The van der Waals surface area contributed by atoms with Crippen LogP contribution in [-0.4, -0.2) is 53.4 Å². The maximum absolute atomic E-state index is 10.6. The monoisotopic (exact) mass is 451 g/mol. The fourth-order valence-electron chi connectivity index (χ4n) is 1.33. The topological polar surface area (TPSA) is 151 Å². The average molecular weight is 451 g/mol. The van der Waals surface area contributed by atoms with Gasteiger partial charge in [-0.05, 0) is 12.8 Å². The molecule has 29 heavy (non-hydrogen) atoms. The highest BCUT2D eigenvalue weighted by atomic mass is 31.0. The molecule has 11 heteroatoms. The number of hydrogen-bond acceptors (Lipinski definition) is 7. The third-order valence-corrected chi connectivity index (χ3v) is 3.95. The van der Waals surface area contributed by atoms with Crippen LogP contribution >= 0.6 is 18.8 Å². The first kappa shape index (κ1) is 32.0. The lowest BCUT2D eigenvalue weighted by molar-refractivity contribution is -0.141.